The third-order valence-corrected chi connectivity index (χ3v) is 9.91. The van der Waals surface area contributed by atoms with Crippen molar-refractivity contribution in [3.63, 3.8) is 0 Å². The second kappa shape index (κ2) is 13.3. The molecule has 3 aromatic rings. The first-order chi connectivity index (χ1) is 20.3. The zero-order valence-corrected chi connectivity index (χ0v) is 24.6. The average molecular weight is 642 g/mol. The molecule has 0 saturated carbocycles. The number of amides is 1. The van der Waals surface area contributed by atoms with Crippen molar-refractivity contribution >= 4 is 38.2 Å². The van der Waals surface area contributed by atoms with Gasteiger partial charge in [-0.1, -0.05) is 37.6 Å². The number of carbonyl (C=O) groups is 2. The third kappa shape index (κ3) is 7.84. The standard InChI is InChI=1S/C28H30F3N3O7S2/c1-2-3-18-4-6-19(7-5-18)15-32-26(36)23-16-33(25-14-22(27(37)38)24(17-35)42-25)12-13-34(23)43(39,40)21-10-8-20(9-11-21)41-28(29,30)31/h4-11,14,23,35H,2-3,12-13,15-17H2,1H3,(H,32,36)(H,37,38)/t23-/m1/s1. The Morgan fingerprint density at radius 2 is 1.72 bits per heavy atom. The van der Waals surface area contributed by atoms with Crippen LogP contribution in [-0.4, -0.2) is 66.9 Å². The number of aromatic carboxylic acids is 1. The number of sulfonamides is 1. The number of halogens is 3. The van der Waals surface area contributed by atoms with E-state index in [1.807, 2.05) is 24.3 Å². The number of carbonyl (C=O) groups excluding carboxylic acids is 1. The normalized spacial score (nSPS) is 16.2. The summed E-state index contributed by atoms with van der Waals surface area (Å²) in [5.74, 6) is -2.44. The van der Waals surface area contributed by atoms with Crippen molar-refractivity contribution in [3.05, 3.63) is 76.2 Å². The lowest BCUT2D eigenvalue weighted by Crippen LogP contribution is -2.60. The maximum Gasteiger partial charge on any atom is 0.573 e. The predicted octanol–water partition coefficient (Wildman–Crippen LogP) is 3.99. The molecule has 1 atom stereocenters. The van der Waals surface area contributed by atoms with Gasteiger partial charge in [0.2, 0.25) is 15.9 Å². The molecule has 1 aromatic heterocycles. The van der Waals surface area contributed by atoms with Crippen molar-refractivity contribution in [3.8, 4) is 5.75 Å². The van der Waals surface area contributed by atoms with Gasteiger partial charge in [0.15, 0.2) is 0 Å². The highest BCUT2D eigenvalue weighted by Crippen LogP contribution is 2.34. The first kappa shape index (κ1) is 32.3. The number of carboxylic acid groups (broad SMARTS) is 1. The monoisotopic (exact) mass is 641 g/mol. The second-order valence-corrected chi connectivity index (χ2v) is 12.8. The molecule has 232 valence electrons. The smallest absolute Gasteiger partial charge is 0.478 e. The van der Waals surface area contributed by atoms with E-state index in [1.54, 1.807) is 4.90 Å². The number of nitrogens with zero attached hydrogens (tertiary/aromatic N) is 2. The molecule has 1 fully saturated rings. The Morgan fingerprint density at radius 1 is 1.07 bits per heavy atom. The lowest BCUT2D eigenvalue weighted by atomic mass is 10.1. The van der Waals surface area contributed by atoms with E-state index in [0.29, 0.717) is 5.00 Å². The van der Waals surface area contributed by atoms with Crippen LogP contribution in [0.1, 0.15) is 39.7 Å². The van der Waals surface area contributed by atoms with Crippen LogP contribution in [0.2, 0.25) is 0 Å². The number of nitrogens with one attached hydrogen (secondary N) is 1. The fraction of sp³-hybridized carbons (Fsp3) is 0.357. The average Bonchev–Trinajstić information content (AvgIpc) is 3.41. The highest BCUT2D eigenvalue weighted by molar-refractivity contribution is 7.89. The van der Waals surface area contributed by atoms with Gasteiger partial charge in [-0.25, -0.2) is 13.2 Å². The number of ether oxygens (including phenoxy) is 1. The number of thiophene rings is 1. The molecule has 43 heavy (non-hydrogen) atoms. The Balaban J connectivity index is 1.60. The minimum absolute atomic E-state index is 0.0849. The van der Waals surface area contributed by atoms with Crippen LogP contribution in [-0.2, 0) is 34.4 Å². The van der Waals surface area contributed by atoms with Gasteiger partial charge in [0.25, 0.3) is 0 Å². The van der Waals surface area contributed by atoms with Crippen LogP contribution in [0.5, 0.6) is 5.75 Å². The zero-order chi connectivity index (χ0) is 31.4. The molecular formula is C28H30F3N3O7S2. The molecule has 2 heterocycles. The number of aryl methyl sites for hydroxylation is 1. The number of hydrogen-bond acceptors (Lipinski definition) is 8. The van der Waals surface area contributed by atoms with Gasteiger partial charge in [0.1, 0.15) is 11.8 Å². The number of anilines is 1. The molecule has 0 bridgehead atoms. The van der Waals surface area contributed by atoms with E-state index in [0.717, 1.165) is 63.9 Å². The minimum atomic E-state index is -4.95. The molecule has 0 unspecified atom stereocenters. The van der Waals surface area contributed by atoms with E-state index in [1.165, 1.54) is 6.07 Å². The van der Waals surface area contributed by atoms with E-state index >= 15 is 0 Å². The number of aliphatic hydroxyl groups is 1. The topological polar surface area (TPSA) is 136 Å². The van der Waals surface area contributed by atoms with Crippen LogP contribution in [0.4, 0.5) is 18.2 Å². The summed E-state index contributed by atoms with van der Waals surface area (Å²) in [6.07, 6.45) is -3.06. The highest BCUT2D eigenvalue weighted by Gasteiger charge is 2.41. The summed E-state index contributed by atoms with van der Waals surface area (Å²) in [4.78, 5) is 26.7. The fourth-order valence-corrected chi connectivity index (χ4v) is 7.32. The molecule has 1 saturated heterocycles. The number of carboxylic acids is 1. The van der Waals surface area contributed by atoms with Crippen molar-refractivity contribution in [1.82, 2.24) is 9.62 Å². The lowest BCUT2D eigenvalue weighted by molar-refractivity contribution is -0.274. The van der Waals surface area contributed by atoms with Gasteiger partial charge in [-0.2, -0.15) is 4.31 Å². The number of aliphatic hydroxyl groups excluding tert-OH is 1. The predicted molar refractivity (Wildman–Crippen MR) is 153 cm³/mol. The van der Waals surface area contributed by atoms with Crippen LogP contribution in [0.3, 0.4) is 0 Å². The Morgan fingerprint density at radius 3 is 2.28 bits per heavy atom. The Kier molecular flexibility index (Phi) is 10.00. The molecule has 0 aliphatic carbocycles. The number of alkyl halides is 3. The van der Waals surface area contributed by atoms with Crippen molar-refractivity contribution in [2.75, 3.05) is 24.5 Å². The summed E-state index contributed by atoms with van der Waals surface area (Å²) in [5.41, 5.74) is 1.85. The van der Waals surface area contributed by atoms with Crippen LogP contribution in [0.25, 0.3) is 0 Å². The second-order valence-electron chi connectivity index (χ2n) is 9.77. The van der Waals surface area contributed by atoms with E-state index in [4.69, 9.17) is 0 Å². The molecule has 0 radical (unpaired) electrons. The summed E-state index contributed by atoms with van der Waals surface area (Å²) in [6, 6.07) is 11.4. The molecule has 2 aromatic carbocycles. The summed E-state index contributed by atoms with van der Waals surface area (Å²) in [6.45, 7) is 1.45. The summed E-state index contributed by atoms with van der Waals surface area (Å²) < 4.78 is 69.9. The molecule has 1 amide bonds. The molecule has 15 heteroatoms. The Bertz CT molecular complexity index is 1540. The molecule has 1 aliphatic heterocycles. The first-order valence-corrected chi connectivity index (χ1v) is 15.5. The number of hydrogen-bond donors (Lipinski definition) is 3. The van der Waals surface area contributed by atoms with Gasteiger partial charge in [-0.05, 0) is 47.9 Å². The molecule has 0 spiro atoms. The zero-order valence-electron chi connectivity index (χ0n) is 23.0. The molecule has 3 N–H and O–H groups in total. The van der Waals surface area contributed by atoms with Gasteiger partial charge in [0, 0.05) is 31.1 Å². The van der Waals surface area contributed by atoms with Crippen LogP contribution >= 0.6 is 11.3 Å². The van der Waals surface area contributed by atoms with Crippen molar-refractivity contribution < 1.29 is 46.1 Å². The molecule has 1 aliphatic rings. The van der Waals surface area contributed by atoms with Gasteiger partial charge >= 0.3 is 12.3 Å². The van der Waals surface area contributed by atoms with Crippen LogP contribution in [0, 0.1) is 0 Å². The van der Waals surface area contributed by atoms with Gasteiger partial charge < -0.3 is 25.2 Å². The van der Waals surface area contributed by atoms with Crippen molar-refractivity contribution in [1.29, 1.82) is 0 Å². The van der Waals surface area contributed by atoms with E-state index in [2.05, 4.69) is 17.0 Å². The molecular weight excluding hydrogens is 611 g/mol. The first-order valence-electron chi connectivity index (χ1n) is 13.3. The van der Waals surface area contributed by atoms with E-state index in [9.17, 15) is 41.4 Å². The number of rotatable bonds is 11. The van der Waals surface area contributed by atoms with Gasteiger partial charge in [0.05, 0.1) is 22.1 Å². The van der Waals surface area contributed by atoms with Crippen LogP contribution < -0.4 is 15.0 Å². The molecule has 4 rings (SSSR count). The third-order valence-electron chi connectivity index (χ3n) is 6.81. The van der Waals surface area contributed by atoms with E-state index < -0.39 is 46.7 Å². The quantitative estimate of drug-likeness (QED) is 0.286. The maximum atomic E-state index is 13.7. The van der Waals surface area contributed by atoms with E-state index in [-0.39, 0.29) is 41.5 Å². The largest absolute Gasteiger partial charge is 0.573 e. The summed E-state index contributed by atoms with van der Waals surface area (Å²) in [5, 5.41) is 22.3. The van der Waals surface area contributed by atoms with Crippen LogP contribution in [0.15, 0.2) is 59.5 Å². The summed E-state index contributed by atoms with van der Waals surface area (Å²) >= 11 is 1.02. The number of benzene rings is 2. The Labute approximate surface area is 250 Å². The van der Waals surface area contributed by atoms with Crippen molar-refractivity contribution in [2.24, 2.45) is 0 Å². The van der Waals surface area contributed by atoms with Gasteiger partial charge in [-0.15, -0.1) is 24.5 Å². The lowest BCUT2D eigenvalue weighted by Gasteiger charge is -2.40. The molecule has 10 nitrogen and oxygen atoms in total. The van der Waals surface area contributed by atoms with Crippen molar-refractivity contribution in [2.45, 2.75) is 50.2 Å². The maximum absolute atomic E-state index is 13.7. The fourth-order valence-electron chi connectivity index (χ4n) is 4.70. The SMILES string of the molecule is CCCc1ccc(CNC(=O)[C@H]2CN(c3cc(C(=O)O)c(CO)s3)CCN2S(=O)(=O)c2ccc(OC(F)(F)F)cc2)cc1. The number of piperazine rings is 1. The minimum Gasteiger partial charge on any atom is -0.478 e. The summed E-state index contributed by atoms with van der Waals surface area (Å²) in [7, 11) is -4.36. The Hall–Kier alpha value is -3.66. The highest BCUT2D eigenvalue weighted by atomic mass is 32.2. The van der Waals surface area contributed by atoms with Gasteiger partial charge in [-0.3, -0.25) is 4.79 Å².